The van der Waals surface area contributed by atoms with E-state index in [2.05, 4.69) is 38.1 Å². The minimum atomic E-state index is 0.170. The van der Waals surface area contributed by atoms with Crippen molar-refractivity contribution in [1.29, 1.82) is 0 Å². The van der Waals surface area contributed by atoms with Gasteiger partial charge < -0.3 is 0 Å². The van der Waals surface area contributed by atoms with Crippen LogP contribution in [0.3, 0.4) is 0 Å². The highest BCUT2D eigenvalue weighted by molar-refractivity contribution is 5.86. The molecule has 0 radical (unpaired) electrons. The second-order valence-electron chi connectivity index (χ2n) is 6.65. The van der Waals surface area contributed by atoms with E-state index < -0.39 is 0 Å². The Kier molecular flexibility index (Phi) is 6.48. The lowest BCUT2D eigenvalue weighted by Gasteiger charge is -2.27. The fourth-order valence-corrected chi connectivity index (χ4v) is 3.58. The summed E-state index contributed by atoms with van der Waals surface area (Å²) in [5, 5.41) is 0. The van der Waals surface area contributed by atoms with E-state index in [-0.39, 0.29) is 5.92 Å². The zero-order valence-electron chi connectivity index (χ0n) is 13.7. The van der Waals surface area contributed by atoms with Crippen LogP contribution >= 0.6 is 0 Å². The second kappa shape index (κ2) is 8.36. The molecule has 1 aromatic rings. The highest BCUT2D eigenvalue weighted by Gasteiger charge is 2.29. The van der Waals surface area contributed by atoms with Gasteiger partial charge in [-0.1, -0.05) is 70.2 Å². The van der Waals surface area contributed by atoms with Crippen LogP contribution in [0.15, 0.2) is 24.3 Å². The van der Waals surface area contributed by atoms with Gasteiger partial charge in [0.1, 0.15) is 5.78 Å². The summed E-state index contributed by atoms with van der Waals surface area (Å²) in [6, 6.07) is 8.79. The predicted octanol–water partition coefficient (Wildman–Crippen LogP) is 5.67. The third-order valence-corrected chi connectivity index (χ3v) is 4.88. The molecule has 0 spiro atoms. The maximum Gasteiger partial charge on any atom is 0.140 e. The molecular weight excluding hydrogens is 256 g/mol. The van der Waals surface area contributed by atoms with Gasteiger partial charge in [0.25, 0.3) is 0 Å². The van der Waals surface area contributed by atoms with Crippen molar-refractivity contribution in [3.8, 4) is 0 Å². The van der Waals surface area contributed by atoms with Crippen LogP contribution in [0.5, 0.6) is 0 Å². The molecule has 0 N–H and O–H groups in total. The molecule has 2 atom stereocenters. The molecule has 2 rings (SSSR count). The number of unbranched alkanes of at least 4 members (excludes halogenated alkanes) is 2. The van der Waals surface area contributed by atoms with E-state index in [4.69, 9.17) is 0 Å². The first-order chi connectivity index (χ1) is 10.2. The van der Waals surface area contributed by atoms with Crippen LogP contribution in [0.4, 0.5) is 0 Å². The van der Waals surface area contributed by atoms with Crippen LogP contribution in [0.2, 0.25) is 0 Å². The molecule has 1 aromatic carbocycles. The number of aryl methyl sites for hydroxylation is 1. The van der Waals surface area contributed by atoms with Crippen molar-refractivity contribution >= 4 is 5.78 Å². The molecule has 1 nitrogen and oxygen atoms in total. The standard InChI is InChI=1S/C20H30O/c1-3-5-6-8-17-11-14-19(20(21)15-17)18-12-9-16(7-4-2)10-13-18/h9-10,12-13,17,19H,3-8,11,14-15H2,1-2H3/t17-,19+/m1/s1. The van der Waals surface area contributed by atoms with Crippen molar-refractivity contribution < 1.29 is 4.79 Å². The summed E-state index contributed by atoms with van der Waals surface area (Å²) in [5.74, 6) is 1.30. The zero-order chi connectivity index (χ0) is 15.1. The van der Waals surface area contributed by atoms with Crippen LogP contribution in [0.1, 0.15) is 82.3 Å². The molecule has 116 valence electrons. The molecule has 0 amide bonds. The second-order valence-corrected chi connectivity index (χ2v) is 6.65. The molecule has 1 aliphatic carbocycles. The lowest BCUT2D eigenvalue weighted by atomic mass is 9.76. The van der Waals surface area contributed by atoms with Gasteiger partial charge in [-0.15, -0.1) is 0 Å². The third kappa shape index (κ3) is 4.69. The average molecular weight is 286 g/mol. The van der Waals surface area contributed by atoms with Crippen molar-refractivity contribution in [2.45, 2.75) is 77.6 Å². The van der Waals surface area contributed by atoms with E-state index in [1.165, 1.54) is 49.7 Å². The first-order valence-corrected chi connectivity index (χ1v) is 8.86. The number of hydrogen-bond acceptors (Lipinski definition) is 1. The van der Waals surface area contributed by atoms with Crippen LogP contribution in [0, 0.1) is 5.92 Å². The fraction of sp³-hybridized carbons (Fsp3) is 0.650. The molecule has 0 unspecified atom stereocenters. The molecule has 0 saturated heterocycles. The van der Waals surface area contributed by atoms with Gasteiger partial charge in [0, 0.05) is 12.3 Å². The molecule has 1 fully saturated rings. The molecule has 0 bridgehead atoms. The first kappa shape index (κ1) is 16.3. The smallest absolute Gasteiger partial charge is 0.140 e. The van der Waals surface area contributed by atoms with Crippen LogP contribution < -0.4 is 0 Å². The Morgan fingerprint density at radius 3 is 2.38 bits per heavy atom. The summed E-state index contributed by atoms with van der Waals surface area (Å²) in [4.78, 5) is 12.4. The summed E-state index contributed by atoms with van der Waals surface area (Å²) >= 11 is 0. The number of Topliss-reactive ketones (excluding diaryl/α,β-unsaturated/α-hetero) is 1. The van der Waals surface area contributed by atoms with E-state index in [1.54, 1.807) is 0 Å². The number of ketones is 1. The van der Waals surface area contributed by atoms with Gasteiger partial charge in [0.15, 0.2) is 0 Å². The number of rotatable bonds is 7. The van der Waals surface area contributed by atoms with Crippen molar-refractivity contribution in [2.24, 2.45) is 5.92 Å². The summed E-state index contributed by atoms with van der Waals surface area (Å²) in [7, 11) is 0. The summed E-state index contributed by atoms with van der Waals surface area (Å²) < 4.78 is 0. The topological polar surface area (TPSA) is 17.1 Å². The van der Waals surface area contributed by atoms with Gasteiger partial charge in [0.05, 0.1) is 0 Å². The lowest BCUT2D eigenvalue weighted by Crippen LogP contribution is -2.23. The van der Waals surface area contributed by atoms with Crippen molar-refractivity contribution in [1.82, 2.24) is 0 Å². The minimum absolute atomic E-state index is 0.170. The Morgan fingerprint density at radius 1 is 1.00 bits per heavy atom. The quantitative estimate of drug-likeness (QED) is 0.590. The highest BCUT2D eigenvalue weighted by Crippen LogP contribution is 2.35. The normalized spacial score (nSPS) is 22.5. The van der Waals surface area contributed by atoms with Gasteiger partial charge in [-0.2, -0.15) is 0 Å². The van der Waals surface area contributed by atoms with Crippen LogP contribution in [0.25, 0.3) is 0 Å². The number of carbonyl (C=O) groups is 1. The molecule has 1 saturated carbocycles. The molecule has 21 heavy (non-hydrogen) atoms. The molecule has 0 aromatic heterocycles. The summed E-state index contributed by atoms with van der Waals surface area (Å²) in [5.41, 5.74) is 2.63. The van der Waals surface area contributed by atoms with Crippen LogP contribution in [-0.2, 0) is 11.2 Å². The van der Waals surface area contributed by atoms with E-state index >= 15 is 0 Å². The van der Waals surface area contributed by atoms with Gasteiger partial charge in [-0.25, -0.2) is 0 Å². The number of benzene rings is 1. The highest BCUT2D eigenvalue weighted by atomic mass is 16.1. The zero-order valence-corrected chi connectivity index (χ0v) is 13.7. The average Bonchev–Trinajstić information content (AvgIpc) is 2.49. The SMILES string of the molecule is CCCCC[C@@H]1CC[C@@H](c2ccc(CCC)cc2)C(=O)C1. The maximum atomic E-state index is 12.4. The Bertz CT molecular complexity index is 432. The van der Waals surface area contributed by atoms with Crippen molar-refractivity contribution in [3.05, 3.63) is 35.4 Å². The van der Waals surface area contributed by atoms with Gasteiger partial charge >= 0.3 is 0 Å². The van der Waals surface area contributed by atoms with Gasteiger partial charge in [-0.05, 0) is 36.3 Å². The Labute approximate surface area is 130 Å². The Balaban J connectivity index is 1.89. The third-order valence-electron chi connectivity index (χ3n) is 4.88. The maximum absolute atomic E-state index is 12.4. The molecule has 0 heterocycles. The monoisotopic (exact) mass is 286 g/mol. The lowest BCUT2D eigenvalue weighted by molar-refractivity contribution is -0.123. The number of carbonyl (C=O) groups excluding carboxylic acids is 1. The van der Waals surface area contributed by atoms with Crippen LogP contribution in [-0.4, -0.2) is 5.78 Å². The van der Waals surface area contributed by atoms with E-state index in [9.17, 15) is 4.79 Å². The van der Waals surface area contributed by atoms with Gasteiger partial charge in [-0.3, -0.25) is 4.79 Å². The number of hydrogen-bond donors (Lipinski definition) is 0. The molecule has 1 aliphatic rings. The predicted molar refractivity (Wildman–Crippen MR) is 89.7 cm³/mol. The van der Waals surface area contributed by atoms with Crippen molar-refractivity contribution in [2.75, 3.05) is 0 Å². The molecule has 1 heteroatoms. The Morgan fingerprint density at radius 2 is 1.76 bits per heavy atom. The van der Waals surface area contributed by atoms with E-state index in [0.29, 0.717) is 11.7 Å². The molecular formula is C20H30O. The summed E-state index contributed by atoms with van der Waals surface area (Å²) in [6.07, 6.45) is 10.6. The van der Waals surface area contributed by atoms with Gasteiger partial charge in [0.2, 0.25) is 0 Å². The molecule has 0 aliphatic heterocycles. The minimum Gasteiger partial charge on any atom is -0.299 e. The summed E-state index contributed by atoms with van der Waals surface area (Å²) in [6.45, 7) is 4.45. The largest absolute Gasteiger partial charge is 0.299 e. The first-order valence-electron chi connectivity index (χ1n) is 8.86. The van der Waals surface area contributed by atoms with Crippen molar-refractivity contribution in [3.63, 3.8) is 0 Å². The van der Waals surface area contributed by atoms with E-state index in [1.807, 2.05) is 0 Å². The fourth-order valence-electron chi connectivity index (χ4n) is 3.58. The van der Waals surface area contributed by atoms with E-state index in [0.717, 1.165) is 19.3 Å². The Hall–Kier alpha value is -1.11.